The van der Waals surface area contributed by atoms with E-state index in [1.807, 2.05) is 33.0 Å². The fraction of sp³-hybridized carbons (Fsp3) is 0.500. The van der Waals surface area contributed by atoms with E-state index in [0.29, 0.717) is 13.1 Å². The number of nitrogens with zero attached hydrogens (tertiary/aromatic N) is 1. The highest BCUT2D eigenvalue weighted by Gasteiger charge is 2.10. The summed E-state index contributed by atoms with van der Waals surface area (Å²) < 4.78 is 0. The van der Waals surface area contributed by atoms with Gasteiger partial charge >= 0.3 is 0 Å². The smallest absolute Gasteiger partial charge is 0.224 e. The molecule has 0 aromatic carbocycles. The molecule has 0 aliphatic rings. The van der Waals surface area contributed by atoms with E-state index in [0.717, 1.165) is 11.3 Å². The highest BCUT2D eigenvalue weighted by atomic mass is 35.5. The van der Waals surface area contributed by atoms with Gasteiger partial charge in [0.05, 0.1) is 0 Å². The Labute approximate surface area is 121 Å². The van der Waals surface area contributed by atoms with Crippen LogP contribution in [0.3, 0.4) is 0 Å². The van der Waals surface area contributed by atoms with Crippen LogP contribution in [-0.4, -0.2) is 24.5 Å². The standard InChI is InChI=1S/C12H19N3O.2ClH/c1-9(6-13-3)12(16)15-8-11-5-4-10(2)14-7-11;;/h4-5,7,9,13H,6,8H2,1-3H3,(H,15,16);2*1H. The zero-order valence-corrected chi connectivity index (χ0v) is 12.5. The van der Waals surface area contributed by atoms with Gasteiger partial charge in [-0.1, -0.05) is 13.0 Å². The number of halogens is 2. The van der Waals surface area contributed by atoms with Crippen LogP contribution in [0.5, 0.6) is 0 Å². The molecule has 1 heterocycles. The Bertz CT molecular complexity index is 344. The van der Waals surface area contributed by atoms with Crippen LogP contribution >= 0.6 is 24.8 Å². The molecule has 104 valence electrons. The van der Waals surface area contributed by atoms with Crippen molar-refractivity contribution in [1.82, 2.24) is 15.6 Å². The Morgan fingerprint density at radius 1 is 1.39 bits per heavy atom. The van der Waals surface area contributed by atoms with Crippen molar-refractivity contribution < 1.29 is 4.79 Å². The number of aromatic nitrogens is 1. The fourth-order valence-electron chi connectivity index (χ4n) is 1.37. The first-order valence-electron chi connectivity index (χ1n) is 5.47. The summed E-state index contributed by atoms with van der Waals surface area (Å²) in [5.41, 5.74) is 2.01. The SMILES string of the molecule is CNCC(C)C(=O)NCc1ccc(C)nc1.Cl.Cl. The van der Waals surface area contributed by atoms with Gasteiger partial charge in [-0.3, -0.25) is 9.78 Å². The van der Waals surface area contributed by atoms with E-state index in [-0.39, 0.29) is 36.6 Å². The van der Waals surface area contributed by atoms with E-state index < -0.39 is 0 Å². The lowest BCUT2D eigenvalue weighted by molar-refractivity contribution is -0.124. The van der Waals surface area contributed by atoms with E-state index in [4.69, 9.17) is 0 Å². The van der Waals surface area contributed by atoms with Crippen molar-refractivity contribution in [1.29, 1.82) is 0 Å². The molecule has 0 saturated heterocycles. The average molecular weight is 294 g/mol. The molecule has 0 aliphatic carbocycles. The van der Waals surface area contributed by atoms with Crippen molar-refractivity contribution in [3.8, 4) is 0 Å². The van der Waals surface area contributed by atoms with Gasteiger partial charge in [0.1, 0.15) is 0 Å². The van der Waals surface area contributed by atoms with Crippen LogP contribution in [0.4, 0.5) is 0 Å². The Morgan fingerprint density at radius 3 is 2.56 bits per heavy atom. The van der Waals surface area contributed by atoms with E-state index in [9.17, 15) is 4.79 Å². The number of carbonyl (C=O) groups is 1. The third-order valence-electron chi connectivity index (χ3n) is 2.40. The molecular weight excluding hydrogens is 273 g/mol. The maximum Gasteiger partial charge on any atom is 0.224 e. The van der Waals surface area contributed by atoms with Crippen molar-refractivity contribution in [2.45, 2.75) is 20.4 Å². The van der Waals surface area contributed by atoms with E-state index in [1.165, 1.54) is 0 Å². The zero-order valence-electron chi connectivity index (χ0n) is 10.9. The van der Waals surface area contributed by atoms with Gasteiger partial charge in [0.15, 0.2) is 0 Å². The monoisotopic (exact) mass is 293 g/mol. The maximum atomic E-state index is 11.6. The third kappa shape index (κ3) is 6.79. The van der Waals surface area contributed by atoms with Gasteiger partial charge in [-0.15, -0.1) is 24.8 Å². The quantitative estimate of drug-likeness (QED) is 0.869. The second-order valence-electron chi connectivity index (χ2n) is 3.98. The number of hydrogen-bond donors (Lipinski definition) is 2. The predicted octanol–water partition coefficient (Wildman–Crippen LogP) is 1.71. The lowest BCUT2D eigenvalue weighted by Gasteiger charge is -2.11. The molecular formula is C12H21Cl2N3O. The second-order valence-corrected chi connectivity index (χ2v) is 3.98. The third-order valence-corrected chi connectivity index (χ3v) is 2.40. The van der Waals surface area contributed by atoms with Gasteiger partial charge in [0.2, 0.25) is 5.91 Å². The summed E-state index contributed by atoms with van der Waals surface area (Å²) in [5.74, 6) is 0.0540. The molecule has 0 spiro atoms. The number of carbonyl (C=O) groups excluding carboxylic acids is 1. The number of rotatable bonds is 5. The lowest BCUT2D eigenvalue weighted by Crippen LogP contribution is -2.33. The van der Waals surface area contributed by atoms with Crippen LogP contribution in [0.15, 0.2) is 18.3 Å². The zero-order chi connectivity index (χ0) is 12.0. The first-order valence-corrected chi connectivity index (χ1v) is 5.47. The average Bonchev–Trinajstić information content (AvgIpc) is 2.28. The van der Waals surface area contributed by atoms with Gasteiger partial charge in [-0.2, -0.15) is 0 Å². The molecule has 2 N–H and O–H groups in total. The Kier molecular flexibility index (Phi) is 11.0. The molecule has 0 aliphatic heterocycles. The number of amides is 1. The number of aryl methyl sites for hydroxylation is 1. The topological polar surface area (TPSA) is 54.0 Å². The summed E-state index contributed by atoms with van der Waals surface area (Å²) in [5, 5.41) is 5.86. The molecule has 1 atom stereocenters. The molecule has 0 fully saturated rings. The van der Waals surface area contributed by atoms with Crippen molar-refractivity contribution in [2.75, 3.05) is 13.6 Å². The minimum absolute atomic E-state index is 0. The highest BCUT2D eigenvalue weighted by molar-refractivity contribution is 5.85. The summed E-state index contributed by atoms with van der Waals surface area (Å²) in [6.45, 7) is 5.08. The Morgan fingerprint density at radius 2 is 2.06 bits per heavy atom. The lowest BCUT2D eigenvalue weighted by atomic mass is 10.1. The van der Waals surface area contributed by atoms with E-state index in [2.05, 4.69) is 15.6 Å². The first kappa shape index (κ1) is 19.5. The number of pyridine rings is 1. The summed E-state index contributed by atoms with van der Waals surface area (Å²) in [4.78, 5) is 15.8. The van der Waals surface area contributed by atoms with Gasteiger partial charge in [-0.25, -0.2) is 0 Å². The summed E-state index contributed by atoms with van der Waals surface area (Å²) in [6.07, 6.45) is 1.79. The molecule has 6 heteroatoms. The predicted molar refractivity (Wildman–Crippen MR) is 78.4 cm³/mol. The summed E-state index contributed by atoms with van der Waals surface area (Å²) in [7, 11) is 1.84. The molecule has 1 amide bonds. The number of nitrogens with one attached hydrogen (secondary N) is 2. The molecule has 0 radical (unpaired) electrons. The van der Waals surface area contributed by atoms with Crippen LogP contribution in [0.25, 0.3) is 0 Å². The maximum absolute atomic E-state index is 11.6. The summed E-state index contributed by atoms with van der Waals surface area (Å²) in [6, 6.07) is 3.92. The van der Waals surface area contributed by atoms with Gasteiger partial charge < -0.3 is 10.6 Å². The van der Waals surface area contributed by atoms with Crippen LogP contribution in [0.1, 0.15) is 18.2 Å². The van der Waals surface area contributed by atoms with Crippen molar-refractivity contribution in [2.24, 2.45) is 5.92 Å². The summed E-state index contributed by atoms with van der Waals surface area (Å²) >= 11 is 0. The molecule has 1 aromatic rings. The molecule has 0 bridgehead atoms. The molecule has 18 heavy (non-hydrogen) atoms. The Hall–Kier alpha value is -0.840. The van der Waals surface area contributed by atoms with Crippen LogP contribution in [-0.2, 0) is 11.3 Å². The van der Waals surface area contributed by atoms with Gasteiger partial charge in [-0.05, 0) is 25.6 Å². The normalized spacial score (nSPS) is 10.8. The molecule has 1 aromatic heterocycles. The molecule has 1 unspecified atom stereocenters. The molecule has 1 rings (SSSR count). The van der Waals surface area contributed by atoms with Crippen molar-refractivity contribution in [3.05, 3.63) is 29.6 Å². The van der Waals surface area contributed by atoms with Gasteiger partial charge in [0, 0.05) is 30.9 Å². The van der Waals surface area contributed by atoms with Crippen LogP contribution < -0.4 is 10.6 Å². The van der Waals surface area contributed by atoms with E-state index in [1.54, 1.807) is 6.20 Å². The van der Waals surface area contributed by atoms with Crippen LogP contribution in [0.2, 0.25) is 0 Å². The molecule has 0 saturated carbocycles. The minimum Gasteiger partial charge on any atom is -0.352 e. The second kappa shape index (κ2) is 10.1. The minimum atomic E-state index is -0.0107. The van der Waals surface area contributed by atoms with E-state index >= 15 is 0 Å². The van der Waals surface area contributed by atoms with Crippen molar-refractivity contribution in [3.63, 3.8) is 0 Å². The van der Waals surface area contributed by atoms with Crippen molar-refractivity contribution >= 4 is 30.7 Å². The van der Waals surface area contributed by atoms with Crippen LogP contribution in [0, 0.1) is 12.8 Å². The highest BCUT2D eigenvalue weighted by Crippen LogP contribution is 2.00. The van der Waals surface area contributed by atoms with Gasteiger partial charge in [0.25, 0.3) is 0 Å². The molecule has 4 nitrogen and oxygen atoms in total. The fourth-order valence-corrected chi connectivity index (χ4v) is 1.37. The number of hydrogen-bond acceptors (Lipinski definition) is 3. The first-order chi connectivity index (χ1) is 7.63. The Balaban J connectivity index is 0. The largest absolute Gasteiger partial charge is 0.352 e.